The highest BCUT2D eigenvalue weighted by Gasteiger charge is 2.02. The third-order valence-electron chi connectivity index (χ3n) is 2.09. The lowest BCUT2D eigenvalue weighted by Crippen LogP contribution is -2.20. The zero-order valence-corrected chi connectivity index (χ0v) is 8.20. The van der Waals surface area contributed by atoms with Gasteiger partial charge in [0.1, 0.15) is 0 Å². The minimum Gasteiger partial charge on any atom is -0.378 e. The molecule has 0 bridgehead atoms. The normalized spacial score (nSPS) is 12.6. The van der Waals surface area contributed by atoms with Crippen LogP contribution in [0.1, 0.15) is 11.6 Å². The molecule has 72 valence electrons. The minimum atomic E-state index is -0.0452. The van der Waals surface area contributed by atoms with E-state index in [0.717, 1.165) is 5.56 Å². The fraction of sp³-hybridized carbons (Fsp3) is 0.400. The molecule has 0 aliphatic carbocycles. The number of benzene rings is 1. The summed E-state index contributed by atoms with van der Waals surface area (Å²) in [6.45, 7) is 0.487. The van der Waals surface area contributed by atoms with Crippen LogP contribution in [0.4, 0.5) is 5.69 Å². The van der Waals surface area contributed by atoms with Crippen molar-refractivity contribution in [1.82, 2.24) is 0 Å². The molecule has 0 radical (unpaired) electrons. The molecule has 4 N–H and O–H groups in total. The fourth-order valence-corrected chi connectivity index (χ4v) is 1.16. The molecule has 0 saturated heterocycles. The maximum atomic E-state index is 5.78. The summed E-state index contributed by atoms with van der Waals surface area (Å²) in [5.74, 6) is 0. The lowest BCUT2D eigenvalue weighted by molar-refractivity contribution is 0.737. The molecule has 0 aromatic heterocycles. The largest absolute Gasteiger partial charge is 0.378 e. The molecular weight excluding hydrogens is 162 g/mol. The molecule has 0 amide bonds. The van der Waals surface area contributed by atoms with E-state index in [9.17, 15) is 0 Å². The van der Waals surface area contributed by atoms with Crippen molar-refractivity contribution in [1.29, 1.82) is 0 Å². The lowest BCUT2D eigenvalue weighted by Gasteiger charge is -2.14. The predicted octanol–water partition coefficient (Wildman–Crippen LogP) is 0.711. The highest BCUT2D eigenvalue weighted by Crippen LogP contribution is 2.15. The molecule has 0 fully saturated rings. The Morgan fingerprint density at radius 3 is 2.15 bits per heavy atom. The van der Waals surface area contributed by atoms with Crippen LogP contribution in [-0.4, -0.2) is 20.6 Å². The average Bonchev–Trinajstić information content (AvgIpc) is 2.17. The highest BCUT2D eigenvalue weighted by molar-refractivity contribution is 5.46. The van der Waals surface area contributed by atoms with E-state index in [1.165, 1.54) is 5.69 Å². The molecule has 0 spiro atoms. The standard InChI is InChI=1S/C10H17N3/c1-13(2)9-5-3-8(4-6-9)10(12)7-11/h3-6,10H,7,11-12H2,1-2H3/t10-/m1/s1. The van der Waals surface area contributed by atoms with Gasteiger partial charge < -0.3 is 16.4 Å². The molecule has 0 aliphatic rings. The quantitative estimate of drug-likeness (QED) is 0.718. The molecule has 3 nitrogen and oxygen atoms in total. The van der Waals surface area contributed by atoms with Gasteiger partial charge in [-0.1, -0.05) is 12.1 Å². The zero-order chi connectivity index (χ0) is 9.84. The second-order valence-corrected chi connectivity index (χ2v) is 3.33. The van der Waals surface area contributed by atoms with Crippen molar-refractivity contribution in [3.05, 3.63) is 29.8 Å². The smallest absolute Gasteiger partial charge is 0.0419 e. The summed E-state index contributed by atoms with van der Waals surface area (Å²) in [5.41, 5.74) is 13.5. The van der Waals surface area contributed by atoms with Crippen LogP contribution in [0.3, 0.4) is 0 Å². The maximum absolute atomic E-state index is 5.78. The van der Waals surface area contributed by atoms with Gasteiger partial charge in [-0.15, -0.1) is 0 Å². The Kier molecular flexibility index (Phi) is 3.28. The van der Waals surface area contributed by atoms with E-state index in [1.807, 2.05) is 38.4 Å². The van der Waals surface area contributed by atoms with E-state index in [2.05, 4.69) is 4.90 Å². The van der Waals surface area contributed by atoms with Gasteiger partial charge in [0, 0.05) is 32.4 Å². The van der Waals surface area contributed by atoms with E-state index in [1.54, 1.807) is 0 Å². The molecule has 3 heteroatoms. The SMILES string of the molecule is CN(C)c1ccc([C@H](N)CN)cc1. The van der Waals surface area contributed by atoms with Crippen LogP contribution in [0.2, 0.25) is 0 Å². The van der Waals surface area contributed by atoms with Gasteiger partial charge in [0.15, 0.2) is 0 Å². The first-order valence-corrected chi connectivity index (χ1v) is 4.38. The van der Waals surface area contributed by atoms with Crippen molar-refractivity contribution >= 4 is 5.69 Å². The molecule has 1 aromatic rings. The van der Waals surface area contributed by atoms with Gasteiger partial charge in [0.2, 0.25) is 0 Å². The summed E-state index contributed by atoms with van der Waals surface area (Å²) in [4.78, 5) is 2.05. The van der Waals surface area contributed by atoms with Crippen LogP contribution in [0.5, 0.6) is 0 Å². The van der Waals surface area contributed by atoms with Crippen LogP contribution < -0.4 is 16.4 Å². The molecule has 1 aromatic carbocycles. The molecule has 0 aliphatic heterocycles. The summed E-state index contributed by atoms with van der Waals surface area (Å²) >= 11 is 0. The second kappa shape index (κ2) is 4.25. The van der Waals surface area contributed by atoms with Crippen molar-refractivity contribution < 1.29 is 0 Å². The van der Waals surface area contributed by atoms with Gasteiger partial charge >= 0.3 is 0 Å². The number of hydrogen-bond acceptors (Lipinski definition) is 3. The van der Waals surface area contributed by atoms with Crippen molar-refractivity contribution in [3.8, 4) is 0 Å². The van der Waals surface area contributed by atoms with Crippen molar-refractivity contribution in [2.75, 3.05) is 25.5 Å². The molecule has 13 heavy (non-hydrogen) atoms. The van der Waals surface area contributed by atoms with Crippen LogP contribution >= 0.6 is 0 Å². The van der Waals surface area contributed by atoms with Gasteiger partial charge in [0.25, 0.3) is 0 Å². The van der Waals surface area contributed by atoms with Crippen molar-refractivity contribution in [2.24, 2.45) is 11.5 Å². The van der Waals surface area contributed by atoms with Crippen molar-refractivity contribution in [2.45, 2.75) is 6.04 Å². The number of hydrogen-bond donors (Lipinski definition) is 2. The molecule has 0 saturated carbocycles. The summed E-state index contributed by atoms with van der Waals surface area (Å²) in [6.07, 6.45) is 0. The molecule has 0 heterocycles. The molecular formula is C10H17N3. The first kappa shape index (κ1) is 10.0. The van der Waals surface area contributed by atoms with Crippen LogP contribution in [0.15, 0.2) is 24.3 Å². The Morgan fingerprint density at radius 1 is 1.23 bits per heavy atom. The molecule has 1 atom stereocenters. The first-order valence-electron chi connectivity index (χ1n) is 4.38. The van der Waals surface area contributed by atoms with E-state index in [4.69, 9.17) is 11.5 Å². The summed E-state index contributed by atoms with van der Waals surface area (Å²) < 4.78 is 0. The van der Waals surface area contributed by atoms with E-state index in [-0.39, 0.29) is 6.04 Å². The van der Waals surface area contributed by atoms with Crippen LogP contribution in [-0.2, 0) is 0 Å². The van der Waals surface area contributed by atoms with E-state index >= 15 is 0 Å². The second-order valence-electron chi connectivity index (χ2n) is 3.33. The topological polar surface area (TPSA) is 55.3 Å². The van der Waals surface area contributed by atoms with Crippen molar-refractivity contribution in [3.63, 3.8) is 0 Å². The van der Waals surface area contributed by atoms with Gasteiger partial charge in [-0.2, -0.15) is 0 Å². The zero-order valence-electron chi connectivity index (χ0n) is 8.20. The predicted molar refractivity (Wildman–Crippen MR) is 56.8 cm³/mol. The van der Waals surface area contributed by atoms with Crippen LogP contribution in [0.25, 0.3) is 0 Å². The van der Waals surface area contributed by atoms with E-state index in [0.29, 0.717) is 6.54 Å². The van der Waals surface area contributed by atoms with Gasteiger partial charge in [-0.3, -0.25) is 0 Å². The van der Waals surface area contributed by atoms with Crippen LogP contribution in [0, 0.1) is 0 Å². The van der Waals surface area contributed by atoms with Gasteiger partial charge in [0.05, 0.1) is 0 Å². The lowest BCUT2D eigenvalue weighted by atomic mass is 10.1. The first-order chi connectivity index (χ1) is 6.15. The third kappa shape index (κ3) is 2.44. The maximum Gasteiger partial charge on any atom is 0.0419 e. The highest BCUT2D eigenvalue weighted by atomic mass is 15.1. The monoisotopic (exact) mass is 179 g/mol. The average molecular weight is 179 g/mol. The summed E-state index contributed by atoms with van der Waals surface area (Å²) in [5, 5.41) is 0. The minimum absolute atomic E-state index is 0.0452. The molecule has 1 rings (SSSR count). The van der Waals surface area contributed by atoms with E-state index < -0.39 is 0 Å². The summed E-state index contributed by atoms with van der Waals surface area (Å²) in [7, 11) is 4.02. The molecule has 0 unspecified atom stereocenters. The Bertz CT molecular complexity index is 253. The Hall–Kier alpha value is -1.06. The number of anilines is 1. The summed E-state index contributed by atoms with van der Waals surface area (Å²) in [6, 6.07) is 8.09. The Morgan fingerprint density at radius 2 is 1.77 bits per heavy atom. The number of nitrogens with zero attached hydrogens (tertiary/aromatic N) is 1. The fourth-order valence-electron chi connectivity index (χ4n) is 1.16. The Balaban J connectivity index is 2.81. The third-order valence-corrected chi connectivity index (χ3v) is 2.09. The number of nitrogens with two attached hydrogens (primary N) is 2. The number of rotatable bonds is 3. The van der Waals surface area contributed by atoms with Gasteiger partial charge in [-0.25, -0.2) is 0 Å². The Labute approximate surface area is 79.3 Å². The van der Waals surface area contributed by atoms with Gasteiger partial charge in [-0.05, 0) is 17.7 Å².